The molecule has 7 heavy (non-hydrogen) atoms. The summed E-state index contributed by atoms with van der Waals surface area (Å²) < 4.78 is 2.29. The molecule has 0 aromatic carbocycles. The van der Waals surface area contributed by atoms with E-state index in [0.717, 1.165) is 13.1 Å². The van der Waals surface area contributed by atoms with Gasteiger partial charge in [-0.05, 0) is 13.8 Å². The summed E-state index contributed by atoms with van der Waals surface area (Å²) in [5.41, 5.74) is 0. The maximum Gasteiger partial charge on any atom is 0.133 e. The predicted octanol–water partition coefficient (Wildman–Crippen LogP) is 1.44. The maximum absolute atomic E-state index is 2.29. The van der Waals surface area contributed by atoms with Crippen molar-refractivity contribution < 1.29 is 0 Å². The van der Waals surface area contributed by atoms with E-state index < -0.39 is 0 Å². The molecule has 0 spiro atoms. The lowest BCUT2D eigenvalue weighted by Gasteiger charge is -1.97. The van der Waals surface area contributed by atoms with Gasteiger partial charge in [-0.2, -0.15) is 0 Å². The van der Waals surface area contributed by atoms with Crippen LogP contribution >= 0.6 is 11.9 Å². The lowest BCUT2D eigenvalue weighted by molar-refractivity contribution is 0.675. The molecule has 0 aromatic heterocycles. The van der Waals surface area contributed by atoms with Gasteiger partial charge in [-0.1, -0.05) is 0 Å². The topological polar surface area (TPSA) is 5.90 Å². The Labute approximate surface area is 50.2 Å². The van der Waals surface area contributed by atoms with E-state index in [-0.39, 0.29) is 0 Å². The van der Waals surface area contributed by atoms with Gasteiger partial charge in [0.05, 0.1) is 0 Å². The van der Waals surface area contributed by atoms with Gasteiger partial charge in [-0.3, -0.25) is 0 Å². The fourth-order valence-corrected chi connectivity index (χ4v) is 0.998. The van der Waals surface area contributed by atoms with E-state index in [0.29, 0.717) is 0 Å². The molecule has 1 radical (unpaired) electrons. The molecule has 0 rings (SSSR count). The van der Waals surface area contributed by atoms with Gasteiger partial charge >= 0.3 is 0 Å². The SMILES string of the molecule is CC[N+](CC)SC. The zero-order chi connectivity index (χ0) is 5.70. The van der Waals surface area contributed by atoms with Gasteiger partial charge in [-0.15, -0.1) is 4.31 Å². The summed E-state index contributed by atoms with van der Waals surface area (Å²) >= 11 is 1.80. The molecular weight excluding hydrogens is 106 g/mol. The quantitative estimate of drug-likeness (QED) is 0.402. The standard InChI is InChI=1S/C5H13NS/c1-4-6(5-2)7-3/h4-5H2,1-3H3/q+1. The van der Waals surface area contributed by atoms with Crippen molar-refractivity contribution in [3.63, 3.8) is 0 Å². The van der Waals surface area contributed by atoms with Crippen molar-refractivity contribution in [2.24, 2.45) is 0 Å². The van der Waals surface area contributed by atoms with Crippen molar-refractivity contribution in [3.05, 3.63) is 0 Å². The average Bonchev–Trinajstić information content (AvgIpc) is 1.72. The van der Waals surface area contributed by atoms with Gasteiger partial charge in [0.25, 0.3) is 0 Å². The molecule has 2 heteroatoms. The fraction of sp³-hybridized carbons (Fsp3) is 1.00. The molecule has 0 heterocycles. The lowest BCUT2D eigenvalue weighted by Crippen LogP contribution is -2.19. The van der Waals surface area contributed by atoms with Crippen LogP contribution in [-0.4, -0.2) is 19.3 Å². The Hall–Kier alpha value is 0.310. The molecular formula is C5H13NS+. The lowest BCUT2D eigenvalue weighted by atomic mass is 10.7. The minimum atomic E-state index is 1.15. The monoisotopic (exact) mass is 119 g/mol. The number of nitrogens with zero attached hydrogens (tertiary/aromatic N) is 1. The van der Waals surface area contributed by atoms with Crippen LogP contribution in [0.15, 0.2) is 0 Å². The van der Waals surface area contributed by atoms with Crippen LogP contribution in [0.25, 0.3) is 0 Å². The summed E-state index contributed by atoms with van der Waals surface area (Å²) in [6, 6.07) is 0. The third-order valence-corrected chi connectivity index (χ3v) is 2.00. The van der Waals surface area contributed by atoms with Gasteiger partial charge < -0.3 is 0 Å². The summed E-state index contributed by atoms with van der Waals surface area (Å²) in [7, 11) is 0. The largest absolute Gasteiger partial charge is 0.133 e. The van der Waals surface area contributed by atoms with E-state index in [2.05, 4.69) is 24.4 Å². The normalized spacial score (nSPS) is 10.3. The first-order chi connectivity index (χ1) is 3.35. The van der Waals surface area contributed by atoms with E-state index in [1.54, 1.807) is 11.9 Å². The Morgan fingerprint density at radius 1 is 1.29 bits per heavy atom. The van der Waals surface area contributed by atoms with Crippen molar-refractivity contribution in [2.45, 2.75) is 13.8 Å². The summed E-state index contributed by atoms with van der Waals surface area (Å²) in [6.07, 6.45) is 2.10. The van der Waals surface area contributed by atoms with E-state index in [1.807, 2.05) is 0 Å². The number of hydrogen-bond acceptors (Lipinski definition) is 2. The Bertz CT molecular complexity index is 29.6. The van der Waals surface area contributed by atoms with Gasteiger partial charge in [0.2, 0.25) is 0 Å². The molecule has 0 amide bonds. The average molecular weight is 119 g/mol. The predicted molar refractivity (Wildman–Crippen MR) is 36.7 cm³/mol. The van der Waals surface area contributed by atoms with E-state index in [4.69, 9.17) is 0 Å². The third-order valence-electron chi connectivity index (χ3n) is 0.964. The molecule has 43 valence electrons. The minimum Gasteiger partial charge on any atom is -0.102 e. The van der Waals surface area contributed by atoms with Crippen molar-refractivity contribution in [2.75, 3.05) is 19.3 Å². The Kier molecular flexibility index (Phi) is 4.67. The summed E-state index contributed by atoms with van der Waals surface area (Å²) in [5, 5.41) is 0. The first kappa shape index (κ1) is 7.31. The highest BCUT2D eigenvalue weighted by Crippen LogP contribution is 1.96. The second-order valence-electron chi connectivity index (χ2n) is 1.30. The van der Waals surface area contributed by atoms with Crippen molar-refractivity contribution in [3.8, 4) is 0 Å². The molecule has 0 aliphatic carbocycles. The van der Waals surface area contributed by atoms with Crippen molar-refractivity contribution >= 4 is 11.9 Å². The van der Waals surface area contributed by atoms with Crippen LogP contribution < -0.4 is 4.31 Å². The molecule has 0 bridgehead atoms. The zero-order valence-electron chi connectivity index (χ0n) is 5.27. The van der Waals surface area contributed by atoms with E-state index in [9.17, 15) is 0 Å². The second kappa shape index (κ2) is 4.47. The van der Waals surface area contributed by atoms with Crippen molar-refractivity contribution in [1.82, 2.24) is 4.31 Å². The van der Waals surface area contributed by atoms with Gasteiger partial charge in [-0.25, -0.2) is 0 Å². The minimum absolute atomic E-state index is 1.15. The molecule has 0 atom stereocenters. The molecule has 0 saturated heterocycles. The van der Waals surface area contributed by atoms with Gasteiger partial charge in [0.15, 0.2) is 0 Å². The molecule has 0 fully saturated rings. The van der Waals surface area contributed by atoms with Crippen LogP contribution in [0.4, 0.5) is 0 Å². The molecule has 0 saturated carbocycles. The van der Waals surface area contributed by atoms with Crippen LogP contribution in [0.3, 0.4) is 0 Å². The number of rotatable bonds is 3. The molecule has 0 aromatic rings. The smallest absolute Gasteiger partial charge is 0.102 e. The Morgan fingerprint density at radius 3 is 1.71 bits per heavy atom. The zero-order valence-corrected chi connectivity index (χ0v) is 6.09. The van der Waals surface area contributed by atoms with Crippen molar-refractivity contribution in [1.29, 1.82) is 0 Å². The first-order valence-corrected chi connectivity index (χ1v) is 3.82. The van der Waals surface area contributed by atoms with Gasteiger partial charge in [0, 0.05) is 6.26 Å². The van der Waals surface area contributed by atoms with E-state index in [1.165, 1.54) is 0 Å². The van der Waals surface area contributed by atoms with Gasteiger partial charge in [0.1, 0.15) is 25.0 Å². The summed E-state index contributed by atoms with van der Waals surface area (Å²) in [4.78, 5) is 0. The van der Waals surface area contributed by atoms with Crippen LogP contribution in [0.2, 0.25) is 0 Å². The Morgan fingerprint density at radius 2 is 1.71 bits per heavy atom. The highest BCUT2D eigenvalue weighted by atomic mass is 32.2. The molecule has 1 nitrogen and oxygen atoms in total. The molecule has 0 aliphatic heterocycles. The highest BCUT2D eigenvalue weighted by molar-refractivity contribution is 7.97. The van der Waals surface area contributed by atoms with Crippen LogP contribution in [0, 0.1) is 0 Å². The number of hydrogen-bond donors (Lipinski definition) is 0. The van der Waals surface area contributed by atoms with E-state index >= 15 is 0 Å². The molecule has 0 N–H and O–H groups in total. The fourth-order valence-electron chi connectivity index (χ4n) is 0.482. The molecule has 0 aliphatic rings. The van der Waals surface area contributed by atoms with Crippen LogP contribution in [-0.2, 0) is 0 Å². The maximum atomic E-state index is 2.29. The first-order valence-electron chi connectivity index (χ1n) is 2.64. The summed E-state index contributed by atoms with van der Waals surface area (Å²) in [5.74, 6) is 0. The third kappa shape index (κ3) is 2.94. The molecule has 0 unspecified atom stereocenters. The van der Waals surface area contributed by atoms with Crippen LogP contribution in [0.1, 0.15) is 13.8 Å². The Balaban J connectivity index is 2.99. The van der Waals surface area contributed by atoms with Crippen LogP contribution in [0.5, 0.6) is 0 Å². The highest BCUT2D eigenvalue weighted by Gasteiger charge is 2.03. The second-order valence-corrected chi connectivity index (χ2v) is 2.18. The summed E-state index contributed by atoms with van der Waals surface area (Å²) in [6.45, 7) is 6.63.